The quantitative estimate of drug-likeness (QED) is 0.00393. The lowest BCUT2D eigenvalue weighted by Crippen LogP contribution is -2.29. The van der Waals surface area contributed by atoms with E-state index < -0.39 is 128 Å². The Kier molecular flexibility index (Phi) is 29.3. The number of esters is 2. The van der Waals surface area contributed by atoms with Crippen molar-refractivity contribution in [2.24, 2.45) is 14.1 Å². The Morgan fingerprint density at radius 2 is 0.792 bits per heavy atom. The number of hydrogen-bond acceptors (Lipinski definition) is 45. The van der Waals surface area contributed by atoms with Gasteiger partial charge in [0.1, 0.15) is 34.5 Å². The van der Waals surface area contributed by atoms with Gasteiger partial charge in [0.05, 0.1) is 108 Å². The third-order valence-corrected chi connectivity index (χ3v) is 26.3. The molecule has 0 saturated carbocycles. The molecule has 0 fully saturated rings. The third-order valence-electron chi connectivity index (χ3n) is 22.4. The summed E-state index contributed by atoms with van der Waals surface area (Å²) in [7, 11) is -6.06. The molecule has 4 aromatic heterocycles. The van der Waals surface area contributed by atoms with E-state index in [1.54, 1.807) is 86.6 Å². The van der Waals surface area contributed by atoms with Gasteiger partial charge in [-0.05, 0) is 167 Å². The van der Waals surface area contributed by atoms with Crippen LogP contribution in [-0.2, 0) is 139 Å². The molecule has 2 aliphatic rings. The van der Waals surface area contributed by atoms with Crippen LogP contribution in [0.5, 0.6) is 23.5 Å². The summed E-state index contributed by atoms with van der Waals surface area (Å²) in [5.41, 5.74) is -0.112. The number of benzene rings is 10. The average molecular weight is 2030 g/mol. The van der Waals surface area contributed by atoms with Crippen LogP contribution in [0.3, 0.4) is 0 Å². The van der Waals surface area contributed by atoms with Crippen LogP contribution in [0.25, 0.3) is 44.1 Å². The summed E-state index contributed by atoms with van der Waals surface area (Å²) in [6.45, 7) is 3.01. The number of ketones is 4. The lowest BCUT2D eigenvalue weighted by molar-refractivity contribution is -0.698. The third kappa shape index (κ3) is 20.7. The topological polar surface area (TPSA) is 589 Å². The van der Waals surface area contributed by atoms with E-state index in [1.165, 1.54) is 129 Å². The van der Waals surface area contributed by atoms with Crippen molar-refractivity contribution in [1.29, 1.82) is 0 Å². The summed E-state index contributed by atoms with van der Waals surface area (Å²) in [5.74, 6) is -6.34. The number of pyridine rings is 2. The van der Waals surface area contributed by atoms with Gasteiger partial charge < -0.3 is 60.0 Å². The minimum atomic E-state index is -4.75. The Labute approximate surface area is 812 Å². The van der Waals surface area contributed by atoms with Crippen molar-refractivity contribution in [3.63, 3.8) is 0 Å². The largest absolute Gasteiger partial charge is 0.465 e. The molecule has 738 valence electrons. The van der Waals surface area contributed by atoms with Gasteiger partial charge in [-0.3, -0.25) is 60.7 Å². The first-order chi connectivity index (χ1) is 69.2. The average Bonchev–Trinajstić information content (AvgIpc) is 0.707. The number of hydrogen-bond donors (Lipinski definition) is 6. The van der Waals surface area contributed by atoms with E-state index in [9.17, 15) is 58.8 Å². The molecule has 0 saturated heterocycles. The second-order valence-electron chi connectivity index (χ2n) is 31.1. The minimum Gasteiger partial charge on any atom is -0.465 e. The molecule has 2 aliphatic carbocycles. The molecule has 47 nitrogen and oxygen atoms in total. The molecule has 4 heterocycles. The van der Waals surface area contributed by atoms with Crippen LogP contribution in [0.15, 0.2) is 206 Å². The zero-order valence-electron chi connectivity index (χ0n) is 76.6. The summed E-state index contributed by atoms with van der Waals surface area (Å²) in [6, 6.07) is 41.9. The van der Waals surface area contributed by atoms with Gasteiger partial charge in [0.15, 0.2) is 23.1 Å². The fourth-order valence-electron chi connectivity index (χ4n) is 15.9. The van der Waals surface area contributed by atoms with E-state index in [0.29, 0.717) is 11.1 Å². The highest BCUT2D eigenvalue weighted by atomic mass is 32.2. The van der Waals surface area contributed by atoms with E-state index in [2.05, 4.69) is 102 Å². The maximum absolute atomic E-state index is 15.3. The van der Waals surface area contributed by atoms with Crippen LogP contribution in [0, 0.1) is 20.8 Å². The van der Waals surface area contributed by atoms with Crippen molar-refractivity contribution in [3.05, 3.63) is 286 Å². The van der Waals surface area contributed by atoms with Crippen molar-refractivity contribution >= 4 is 158 Å². The van der Waals surface area contributed by atoms with Gasteiger partial charge in [-0.15, -0.1) is 0 Å². The second-order valence-corrected chi connectivity index (χ2v) is 36.2. The molecule has 14 aromatic rings. The Bertz CT molecular complexity index is 8170. The maximum atomic E-state index is 15.3. The van der Waals surface area contributed by atoms with Crippen molar-refractivity contribution < 1.29 is 145 Å². The van der Waals surface area contributed by atoms with Crippen molar-refractivity contribution in [3.8, 4) is 45.8 Å². The van der Waals surface area contributed by atoms with Gasteiger partial charge in [0.25, 0.3) is 41.5 Å². The molecule has 0 bridgehead atoms. The van der Waals surface area contributed by atoms with Crippen LogP contribution in [0.4, 0.5) is 57.9 Å². The molecular formula is C94H76N14O33S3. The summed E-state index contributed by atoms with van der Waals surface area (Å²) in [5, 5.41) is 44.1. The lowest BCUT2D eigenvalue weighted by atomic mass is 9.80. The van der Waals surface area contributed by atoms with Crippen molar-refractivity contribution in [2.45, 2.75) is 48.7 Å². The summed E-state index contributed by atoms with van der Waals surface area (Å²) in [4.78, 5) is 182. The molecule has 0 unspecified atom stereocenters. The number of aryl methyl sites for hydroxylation is 5. The molecule has 0 aliphatic heterocycles. The number of fused-ring (bicyclic) bond motifs is 4. The maximum Gasteiger partial charge on any atom is 0.337 e. The van der Waals surface area contributed by atoms with E-state index in [-0.39, 0.29) is 195 Å². The smallest absolute Gasteiger partial charge is 0.337 e. The first kappa shape index (κ1) is 100. The van der Waals surface area contributed by atoms with Gasteiger partial charge in [0.2, 0.25) is 23.8 Å². The fraction of sp³-hybridized carbons (Fsp3) is 0.149. The zero-order chi connectivity index (χ0) is 102. The number of carbonyl (C=O) groups excluding carboxylic acids is 8. The minimum absolute atomic E-state index is 0.00977. The summed E-state index contributed by atoms with van der Waals surface area (Å²) >= 11 is 0. The Morgan fingerprint density at radius 3 is 1.23 bits per heavy atom. The number of ether oxygens (including phenoxy) is 4. The van der Waals surface area contributed by atoms with Crippen molar-refractivity contribution in [1.82, 2.24) is 39.0 Å². The predicted octanol–water partition coefficient (Wildman–Crippen LogP) is 12.0. The second kappa shape index (κ2) is 42.2. The summed E-state index contributed by atoms with van der Waals surface area (Å²) < 4.78 is 123. The molecule has 0 radical (unpaired) electrons. The number of anilines is 10. The Balaban J connectivity index is 0.772. The van der Waals surface area contributed by atoms with E-state index in [4.69, 9.17) is 41.3 Å². The van der Waals surface area contributed by atoms with Crippen LogP contribution in [-0.4, -0.2) is 161 Å². The zero-order valence-corrected chi connectivity index (χ0v) is 79.0. The van der Waals surface area contributed by atoms with Crippen LogP contribution in [0.1, 0.15) is 112 Å². The van der Waals surface area contributed by atoms with Gasteiger partial charge in [-0.25, -0.2) is 9.59 Å². The number of rotatable bonds is 43. The first-order valence-corrected chi connectivity index (χ1v) is 46.4. The van der Waals surface area contributed by atoms with Gasteiger partial charge >= 0.3 is 36.9 Å². The molecule has 144 heavy (non-hydrogen) atoms. The van der Waals surface area contributed by atoms with E-state index >= 15 is 14.4 Å². The standard InChI is InChI=1S/C94H76N14O33S3/c1-47-17-15-18-52(31-47)81(111)79-73-59-21-11-13-23-61(59)83(113)75-63(25-27-69(77(73)75)107(4)85(79)115)97-65-41-68(72(32-48(65)2)144(123,124)129-10)100-92-102-90(104-94(106-92)135-57-37-51(35-55(39-57)88(118)126-7)44-131-137-141-139-133-46-110)96-30-29-95-89-101-91(105-93(103-89)134-56-36-50(34-54(38-56)87(117)125-6)43-130-136-140-138-132-45-109)99-66-42-67(71(33-49(66)3)143(121,122)128-9)98-64-26-28-70-78-74(60-22-12-14-24-62(60)84(114)76(64)78)80(86(116)108(70)5)82(112)53-19-16-20-58(40-53)142(119,120)127-8/h11-28,31-42,45-46,97-98H,29-30,43-44H2,1-10H3,(H2,95,99,101,103,105)(H2,96,100,102,104,106). The molecule has 0 spiro atoms. The molecule has 6 N–H and O–H groups in total. The van der Waals surface area contributed by atoms with Crippen molar-refractivity contribution in [2.75, 3.05) is 80.5 Å². The molecule has 0 amide bonds. The highest BCUT2D eigenvalue weighted by Crippen LogP contribution is 2.49. The SMILES string of the molecule is COC(=O)c1cc(COOOOOC=O)cc(Oc2nc(NCCNc3nc(Nc4cc(Nc5ccc6c7c5C(=O)c5ccccc5-c7c(C(=O)c5cccc(C)c5)c(=O)n6C)c(C)cc4S(=O)(=O)OC)nc(Oc4cc(COOOOOC=O)cc(C(=O)OC)c4)n3)nc(Nc3cc(Nc4ccc5c6c4C(=O)c4ccccc4-c6c(C(=O)c4cccc(S(=O)(=O)OC)c4)c(=O)n5C)c(S(=O)(=O)OC)cc3C)n2)c1. The van der Waals surface area contributed by atoms with Crippen LogP contribution >= 0.6 is 0 Å². The Morgan fingerprint density at radius 1 is 0.382 bits per heavy atom. The molecule has 16 rings (SSSR count). The van der Waals surface area contributed by atoms with Gasteiger partial charge in [0, 0.05) is 103 Å². The van der Waals surface area contributed by atoms with E-state index in [0.717, 1.165) is 51.7 Å². The highest BCUT2D eigenvalue weighted by molar-refractivity contribution is 7.87. The predicted molar refractivity (Wildman–Crippen MR) is 501 cm³/mol. The first-order valence-electron chi connectivity index (χ1n) is 42.1. The number of methoxy groups -OCH3 is 2. The number of carbonyl (C=O) groups is 8. The fourth-order valence-corrected chi connectivity index (χ4v) is 18.4. The molecule has 0 atom stereocenters. The lowest BCUT2D eigenvalue weighted by Gasteiger charge is -2.26. The normalized spacial score (nSPS) is 12.0. The van der Waals surface area contributed by atoms with Crippen LogP contribution in [0.2, 0.25) is 0 Å². The van der Waals surface area contributed by atoms with Gasteiger partial charge in [-0.2, -0.15) is 64.9 Å². The Hall–Kier alpha value is -17.0. The highest BCUT2D eigenvalue weighted by Gasteiger charge is 2.39. The molecule has 10 aromatic carbocycles. The van der Waals surface area contributed by atoms with Gasteiger partial charge in [-0.1, -0.05) is 84.4 Å². The number of aromatic nitrogens is 8. The summed E-state index contributed by atoms with van der Waals surface area (Å²) in [6.07, 6.45) is 0. The molecule has 50 heteroatoms. The number of nitrogens with one attached hydrogen (secondary N) is 6. The number of nitrogens with zero attached hydrogens (tertiary/aromatic N) is 8. The van der Waals surface area contributed by atoms with Crippen LogP contribution < -0.4 is 52.5 Å². The monoisotopic (exact) mass is 2020 g/mol. The van der Waals surface area contributed by atoms with E-state index in [1.807, 2.05) is 0 Å². The molecular weight excluding hydrogens is 1950 g/mol.